The van der Waals surface area contributed by atoms with Crippen molar-refractivity contribution < 1.29 is 8.42 Å². The second-order valence-corrected chi connectivity index (χ2v) is 6.23. The summed E-state index contributed by atoms with van der Waals surface area (Å²) in [6.07, 6.45) is 2.57. The molecule has 8 heteroatoms. The van der Waals surface area contributed by atoms with Gasteiger partial charge in [-0.2, -0.15) is 0 Å². The van der Waals surface area contributed by atoms with Crippen LogP contribution in [0, 0.1) is 0 Å². The number of hydrogen-bond donors (Lipinski definition) is 2. The van der Waals surface area contributed by atoms with Crippen molar-refractivity contribution in [3.8, 4) is 0 Å². The van der Waals surface area contributed by atoms with Crippen LogP contribution in [0.25, 0.3) is 0 Å². The van der Waals surface area contributed by atoms with Gasteiger partial charge in [0, 0.05) is 26.2 Å². The highest BCUT2D eigenvalue weighted by atomic mass is 32.2. The van der Waals surface area contributed by atoms with Gasteiger partial charge in [-0.3, -0.25) is 0 Å². The molecule has 0 radical (unpaired) electrons. The largest absolute Gasteiger partial charge is 0.357 e. The Bertz CT molecular complexity index is 486. The molecule has 0 aromatic carbocycles. The van der Waals surface area contributed by atoms with Crippen LogP contribution in [0.1, 0.15) is 13.8 Å². The molecule has 0 aliphatic heterocycles. The molecule has 0 unspecified atom stereocenters. The normalized spacial score (nSPS) is 12.1. The molecule has 1 rings (SSSR count). The third-order valence-electron chi connectivity index (χ3n) is 2.80. The summed E-state index contributed by atoms with van der Waals surface area (Å²) < 4.78 is 26.4. The van der Waals surface area contributed by atoms with Crippen molar-refractivity contribution in [1.29, 1.82) is 0 Å². The smallest absolute Gasteiger partial charge is 0.243 e. The van der Waals surface area contributed by atoms with E-state index in [-0.39, 0.29) is 4.90 Å². The van der Waals surface area contributed by atoms with E-state index >= 15 is 0 Å². The minimum Gasteiger partial charge on any atom is -0.357 e. The van der Waals surface area contributed by atoms with Crippen LogP contribution in [0.15, 0.2) is 17.3 Å². The Morgan fingerprint density at radius 2 is 1.89 bits per heavy atom. The molecule has 0 atom stereocenters. The van der Waals surface area contributed by atoms with Crippen LogP contribution in [-0.4, -0.2) is 56.5 Å². The van der Waals surface area contributed by atoms with Crippen LogP contribution < -0.4 is 10.0 Å². The number of likely N-dealkylation sites (N-methyl/N-ethyl adjacent to an activating group) is 1. The van der Waals surface area contributed by atoms with Crippen LogP contribution >= 0.6 is 0 Å². The molecule has 108 valence electrons. The van der Waals surface area contributed by atoms with Crippen molar-refractivity contribution >= 4 is 16.0 Å². The van der Waals surface area contributed by atoms with Crippen LogP contribution in [0.2, 0.25) is 0 Å². The van der Waals surface area contributed by atoms with Gasteiger partial charge in [0.2, 0.25) is 16.0 Å². The number of rotatable bonds is 7. The van der Waals surface area contributed by atoms with Gasteiger partial charge < -0.3 is 10.2 Å². The van der Waals surface area contributed by atoms with E-state index in [2.05, 4.69) is 38.8 Å². The molecule has 1 heterocycles. The predicted octanol–water partition coefficient (Wildman–Crippen LogP) is 0.137. The van der Waals surface area contributed by atoms with Crippen molar-refractivity contribution in [3.63, 3.8) is 0 Å². The monoisotopic (exact) mass is 287 g/mol. The zero-order valence-corrected chi connectivity index (χ0v) is 12.5. The molecule has 0 saturated carbocycles. The zero-order valence-electron chi connectivity index (χ0n) is 11.7. The highest BCUT2D eigenvalue weighted by Gasteiger charge is 2.15. The molecule has 1 aromatic heterocycles. The average Bonchev–Trinajstić information content (AvgIpc) is 2.38. The van der Waals surface area contributed by atoms with Crippen LogP contribution in [0.4, 0.5) is 5.95 Å². The first-order chi connectivity index (χ1) is 8.86. The van der Waals surface area contributed by atoms with Gasteiger partial charge in [-0.15, -0.1) is 0 Å². The number of anilines is 1. The van der Waals surface area contributed by atoms with Crippen molar-refractivity contribution in [2.45, 2.75) is 24.8 Å². The number of nitrogens with one attached hydrogen (secondary N) is 2. The van der Waals surface area contributed by atoms with Crippen molar-refractivity contribution in [1.82, 2.24) is 19.6 Å². The second-order valence-electron chi connectivity index (χ2n) is 4.46. The SMILES string of the molecule is CNc1ncc(S(=O)(=O)NCCN(C)C(C)C)cn1. The highest BCUT2D eigenvalue weighted by Crippen LogP contribution is 2.06. The van der Waals surface area contributed by atoms with E-state index in [1.807, 2.05) is 7.05 Å². The van der Waals surface area contributed by atoms with Gasteiger partial charge >= 0.3 is 0 Å². The third-order valence-corrected chi connectivity index (χ3v) is 4.22. The molecule has 0 saturated heterocycles. The van der Waals surface area contributed by atoms with Crippen LogP contribution in [-0.2, 0) is 10.0 Å². The predicted molar refractivity (Wildman–Crippen MR) is 74.5 cm³/mol. The molecule has 19 heavy (non-hydrogen) atoms. The average molecular weight is 287 g/mol. The van der Waals surface area contributed by atoms with E-state index in [9.17, 15) is 8.42 Å². The Kier molecular flexibility index (Phi) is 5.64. The lowest BCUT2D eigenvalue weighted by Gasteiger charge is -2.20. The first-order valence-electron chi connectivity index (χ1n) is 6.06. The maximum atomic E-state index is 12.0. The first kappa shape index (κ1) is 15.8. The van der Waals surface area contributed by atoms with Gasteiger partial charge in [-0.25, -0.2) is 23.1 Å². The molecule has 1 aromatic rings. The molecule has 0 bridgehead atoms. The van der Waals surface area contributed by atoms with Crippen LogP contribution in [0.3, 0.4) is 0 Å². The van der Waals surface area contributed by atoms with Gasteiger partial charge in [0.1, 0.15) is 4.90 Å². The molecular formula is C11H21N5O2S. The fourth-order valence-corrected chi connectivity index (χ4v) is 2.19. The van der Waals surface area contributed by atoms with E-state index in [0.29, 0.717) is 25.1 Å². The fourth-order valence-electron chi connectivity index (χ4n) is 1.28. The summed E-state index contributed by atoms with van der Waals surface area (Å²) in [5.74, 6) is 0.387. The van der Waals surface area contributed by atoms with E-state index in [0.717, 1.165) is 0 Å². The lowest BCUT2D eigenvalue weighted by molar-refractivity contribution is 0.278. The van der Waals surface area contributed by atoms with Gasteiger partial charge in [0.25, 0.3) is 0 Å². The van der Waals surface area contributed by atoms with E-state index in [4.69, 9.17) is 0 Å². The minimum absolute atomic E-state index is 0.0682. The maximum Gasteiger partial charge on any atom is 0.243 e. The van der Waals surface area contributed by atoms with Gasteiger partial charge in [-0.05, 0) is 20.9 Å². The summed E-state index contributed by atoms with van der Waals surface area (Å²) in [6.45, 7) is 5.11. The lowest BCUT2D eigenvalue weighted by Crippen LogP contribution is -2.36. The number of hydrogen-bond acceptors (Lipinski definition) is 6. The zero-order chi connectivity index (χ0) is 14.5. The van der Waals surface area contributed by atoms with E-state index in [1.54, 1.807) is 7.05 Å². The van der Waals surface area contributed by atoms with Gasteiger partial charge in [0.15, 0.2) is 0 Å². The van der Waals surface area contributed by atoms with E-state index < -0.39 is 10.0 Å². The molecule has 7 nitrogen and oxygen atoms in total. The Balaban J connectivity index is 2.60. The molecule has 0 aliphatic carbocycles. The number of sulfonamides is 1. The van der Waals surface area contributed by atoms with Crippen molar-refractivity contribution in [3.05, 3.63) is 12.4 Å². The Morgan fingerprint density at radius 1 is 1.32 bits per heavy atom. The third kappa shape index (κ3) is 4.73. The Labute approximate surface area is 114 Å². The molecular weight excluding hydrogens is 266 g/mol. The summed E-state index contributed by atoms with van der Waals surface area (Å²) >= 11 is 0. The minimum atomic E-state index is -3.54. The second kappa shape index (κ2) is 6.78. The lowest BCUT2D eigenvalue weighted by atomic mass is 10.3. The van der Waals surface area contributed by atoms with Gasteiger partial charge in [-0.1, -0.05) is 0 Å². The fraction of sp³-hybridized carbons (Fsp3) is 0.636. The van der Waals surface area contributed by atoms with Gasteiger partial charge in [0.05, 0.1) is 12.4 Å². The molecule has 0 fully saturated rings. The maximum absolute atomic E-state index is 12.0. The summed E-state index contributed by atoms with van der Waals surface area (Å²) in [7, 11) is 0.0823. The molecule has 0 aliphatic rings. The molecule has 2 N–H and O–H groups in total. The first-order valence-corrected chi connectivity index (χ1v) is 7.55. The Morgan fingerprint density at radius 3 is 2.37 bits per heavy atom. The highest BCUT2D eigenvalue weighted by molar-refractivity contribution is 7.89. The number of nitrogens with zero attached hydrogens (tertiary/aromatic N) is 3. The van der Waals surface area contributed by atoms with Crippen LogP contribution in [0.5, 0.6) is 0 Å². The van der Waals surface area contributed by atoms with Crippen molar-refractivity contribution in [2.24, 2.45) is 0 Å². The molecule has 0 amide bonds. The standard InChI is InChI=1S/C11H21N5O2S/c1-9(2)16(4)6-5-15-19(17,18)10-7-13-11(12-3)14-8-10/h7-9,15H,5-6H2,1-4H3,(H,12,13,14). The summed E-state index contributed by atoms with van der Waals surface area (Å²) in [6, 6.07) is 0.378. The summed E-state index contributed by atoms with van der Waals surface area (Å²) in [5, 5.41) is 2.73. The summed E-state index contributed by atoms with van der Waals surface area (Å²) in [5.41, 5.74) is 0. The number of aromatic nitrogens is 2. The topological polar surface area (TPSA) is 87.2 Å². The Hall–Kier alpha value is -1.25. The summed E-state index contributed by atoms with van der Waals surface area (Å²) in [4.78, 5) is 9.89. The quantitative estimate of drug-likeness (QED) is 0.741. The molecule has 0 spiro atoms. The van der Waals surface area contributed by atoms with E-state index in [1.165, 1.54) is 12.4 Å². The van der Waals surface area contributed by atoms with Crippen molar-refractivity contribution in [2.75, 3.05) is 32.5 Å².